The van der Waals surface area contributed by atoms with Crippen molar-refractivity contribution < 1.29 is 9.84 Å². The summed E-state index contributed by atoms with van der Waals surface area (Å²) in [6, 6.07) is 6.96. The van der Waals surface area contributed by atoms with Gasteiger partial charge in [-0.15, -0.1) is 0 Å². The van der Waals surface area contributed by atoms with Gasteiger partial charge in [0.05, 0.1) is 6.04 Å². The summed E-state index contributed by atoms with van der Waals surface area (Å²) in [5.74, 6) is 0.743. The largest absolute Gasteiger partial charge is 0.484 e. The van der Waals surface area contributed by atoms with Crippen LogP contribution >= 0.6 is 0 Å². The number of nitrogens with zero attached hydrogens (tertiary/aromatic N) is 3. The van der Waals surface area contributed by atoms with Gasteiger partial charge in [0.15, 0.2) is 0 Å². The van der Waals surface area contributed by atoms with Gasteiger partial charge in [0, 0.05) is 10.5 Å². The molecule has 2 aliphatic rings. The molecule has 5 heteroatoms. The van der Waals surface area contributed by atoms with Crippen LogP contribution < -0.4 is 4.74 Å². The van der Waals surface area contributed by atoms with Gasteiger partial charge in [-0.25, -0.2) is 0 Å². The maximum absolute atomic E-state index is 10.6. The number of para-hydroxylation sites is 1. The Morgan fingerprint density at radius 2 is 2.00 bits per heavy atom. The molecular weight excluding hydrogens is 242 g/mol. The normalized spacial score (nSPS) is 28.1. The van der Waals surface area contributed by atoms with Gasteiger partial charge >= 0.3 is 0 Å². The van der Waals surface area contributed by atoms with Gasteiger partial charge in [-0.1, -0.05) is 29.7 Å². The Balaban J connectivity index is 2.06. The molecule has 0 bridgehead atoms. The summed E-state index contributed by atoms with van der Waals surface area (Å²) in [7, 11) is 0. The van der Waals surface area contributed by atoms with Crippen LogP contribution in [0.25, 0.3) is 10.4 Å². The summed E-state index contributed by atoms with van der Waals surface area (Å²) in [6.45, 7) is 0. The minimum absolute atomic E-state index is 0.548. The van der Waals surface area contributed by atoms with Gasteiger partial charge in [0.1, 0.15) is 17.5 Å². The first-order valence-electron chi connectivity index (χ1n) is 6.77. The molecule has 1 N–H and O–H groups in total. The van der Waals surface area contributed by atoms with Crippen molar-refractivity contribution in [2.75, 3.05) is 0 Å². The predicted molar refractivity (Wildman–Crippen MR) is 70.8 cm³/mol. The van der Waals surface area contributed by atoms with E-state index in [0.29, 0.717) is 0 Å². The summed E-state index contributed by atoms with van der Waals surface area (Å²) in [5, 5.41) is 14.4. The number of benzene rings is 1. The highest BCUT2D eigenvalue weighted by Crippen LogP contribution is 2.47. The Bertz CT molecular complexity index is 519. The average Bonchev–Trinajstić information content (AvgIpc) is 2.45. The minimum atomic E-state index is -0.765. The summed E-state index contributed by atoms with van der Waals surface area (Å²) < 4.78 is 6.12. The van der Waals surface area contributed by atoms with Crippen molar-refractivity contribution >= 4 is 0 Å². The zero-order chi connectivity index (χ0) is 13.3. The highest BCUT2D eigenvalue weighted by molar-refractivity contribution is 5.40. The number of hydrogen-bond acceptors (Lipinski definition) is 3. The Kier molecular flexibility index (Phi) is 3.09. The Labute approximate surface area is 111 Å². The predicted octanol–water partition coefficient (Wildman–Crippen LogP) is 3.49. The first kappa shape index (κ1) is 12.3. The van der Waals surface area contributed by atoms with E-state index in [9.17, 15) is 5.11 Å². The first-order chi connectivity index (χ1) is 9.27. The van der Waals surface area contributed by atoms with E-state index in [1.807, 2.05) is 24.3 Å². The van der Waals surface area contributed by atoms with Gasteiger partial charge in [0.2, 0.25) is 0 Å². The minimum Gasteiger partial charge on any atom is -0.484 e. The summed E-state index contributed by atoms with van der Waals surface area (Å²) in [6.07, 6.45) is 4.13. The second-order valence-corrected chi connectivity index (χ2v) is 5.36. The average molecular weight is 259 g/mol. The molecule has 1 aromatic rings. The highest BCUT2D eigenvalue weighted by Gasteiger charge is 2.49. The van der Waals surface area contributed by atoms with Crippen molar-refractivity contribution in [3.8, 4) is 5.75 Å². The number of azide groups is 1. The van der Waals surface area contributed by atoms with Gasteiger partial charge in [0.25, 0.3) is 0 Å². The standard InChI is InChI=1S/C14H17N3O2/c15-17-16-12-10-6-2-3-7-11(10)19-14(13(12)18)8-4-1-5-9-14/h2-3,6-7,12-13,18H,1,4-5,8-9H2/t12-,13+/m1/s1. The third-order valence-corrected chi connectivity index (χ3v) is 4.26. The van der Waals surface area contributed by atoms with Crippen LogP contribution in [0.4, 0.5) is 0 Å². The summed E-state index contributed by atoms with van der Waals surface area (Å²) in [5.41, 5.74) is 8.96. The molecule has 1 aromatic carbocycles. The number of fused-ring (bicyclic) bond motifs is 1. The molecule has 2 atom stereocenters. The fraction of sp³-hybridized carbons (Fsp3) is 0.571. The Hall–Kier alpha value is -1.71. The third kappa shape index (κ3) is 1.95. The van der Waals surface area contributed by atoms with Crippen molar-refractivity contribution in [1.82, 2.24) is 0 Å². The van der Waals surface area contributed by atoms with E-state index >= 15 is 0 Å². The molecule has 1 aliphatic heterocycles. The lowest BCUT2D eigenvalue weighted by Gasteiger charge is -2.47. The molecule has 0 unspecified atom stereocenters. The van der Waals surface area contributed by atoms with E-state index in [4.69, 9.17) is 10.3 Å². The Morgan fingerprint density at radius 1 is 1.26 bits per heavy atom. The number of aliphatic hydroxyl groups is 1. The van der Waals surface area contributed by atoms with Crippen molar-refractivity contribution in [1.29, 1.82) is 0 Å². The van der Waals surface area contributed by atoms with E-state index in [1.54, 1.807) is 0 Å². The SMILES string of the molecule is [N-]=[N+]=N[C@@H]1c2ccccc2OC2(CCCCC2)[C@H]1O. The van der Waals surface area contributed by atoms with Crippen LogP contribution in [-0.4, -0.2) is 16.8 Å². The molecule has 1 fully saturated rings. The molecular formula is C14H17N3O2. The van der Waals surface area contributed by atoms with Crippen LogP contribution in [0.15, 0.2) is 29.4 Å². The quantitative estimate of drug-likeness (QED) is 0.476. The molecule has 3 rings (SSSR count). The van der Waals surface area contributed by atoms with Gasteiger partial charge < -0.3 is 9.84 Å². The summed E-state index contributed by atoms with van der Waals surface area (Å²) in [4.78, 5) is 2.90. The molecule has 0 aromatic heterocycles. The maximum Gasteiger partial charge on any atom is 0.135 e. The topological polar surface area (TPSA) is 78.2 Å². The Morgan fingerprint density at radius 3 is 2.74 bits per heavy atom. The smallest absolute Gasteiger partial charge is 0.135 e. The molecule has 19 heavy (non-hydrogen) atoms. The van der Waals surface area contributed by atoms with Crippen LogP contribution in [-0.2, 0) is 0 Å². The van der Waals surface area contributed by atoms with E-state index in [2.05, 4.69) is 10.0 Å². The van der Waals surface area contributed by atoms with Crippen molar-refractivity contribution in [3.05, 3.63) is 40.3 Å². The molecule has 1 spiro atoms. The fourth-order valence-electron chi connectivity index (χ4n) is 3.28. The zero-order valence-electron chi connectivity index (χ0n) is 10.7. The van der Waals surface area contributed by atoms with Crippen molar-refractivity contribution in [2.24, 2.45) is 5.11 Å². The van der Waals surface area contributed by atoms with E-state index < -0.39 is 17.7 Å². The lowest BCUT2D eigenvalue weighted by Crippen LogP contribution is -2.54. The molecule has 0 saturated heterocycles. The molecule has 5 nitrogen and oxygen atoms in total. The third-order valence-electron chi connectivity index (χ3n) is 4.26. The van der Waals surface area contributed by atoms with Crippen molar-refractivity contribution in [3.63, 3.8) is 0 Å². The van der Waals surface area contributed by atoms with Gasteiger partial charge in [-0.2, -0.15) is 0 Å². The lowest BCUT2D eigenvalue weighted by atomic mass is 9.75. The van der Waals surface area contributed by atoms with E-state index in [0.717, 1.165) is 37.0 Å². The van der Waals surface area contributed by atoms with Crippen LogP contribution in [0.3, 0.4) is 0 Å². The maximum atomic E-state index is 10.6. The second-order valence-electron chi connectivity index (χ2n) is 5.36. The highest BCUT2D eigenvalue weighted by atomic mass is 16.5. The van der Waals surface area contributed by atoms with Crippen LogP contribution in [0.2, 0.25) is 0 Å². The van der Waals surface area contributed by atoms with Crippen molar-refractivity contribution in [2.45, 2.75) is 49.9 Å². The molecule has 0 radical (unpaired) electrons. The molecule has 100 valence electrons. The van der Waals surface area contributed by atoms with Gasteiger partial charge in [-0.05, 0) is 37.3 Å². The summed E-state index contributed by atoms with van der Waals surface area (Å²) >= 11 is 0. The van der Waals surface area contributed by atoms with E-state index in [-0.39, 0.29) is 0 Å². The number of aliphatic hydroxyl groups excluding tert-OH is 1. The number of hydrogen-bond donors (Lipinski definition) is 1. The monoisotopic (exact) mass is 259 g/mol. The van der Waals surface area contributed by atoms with E-state index in [1.165, 1.54) is 6.42 Å². The van der Waals surface area contributed by atoms with Gasteiger partial charge in [-0.3, -0.25) is 0 Å². The first-order valence-corrected chi connectivity index (χ1v) is 6.77. The number of rotatable bonds is 1. The van der Waals surface area contributed by atoms with Crippen LogP contribution in [0.5, 0.6) is 5.75 Å². The van der Waals surface area contributed by atoms with Crippen LogP contribution in [0, 0.1) is 0 Å². The zero-order valence-corrected chi connectivity index (χ0v) is 10.7. The van der Waals surface area contributed by atoms with Crippen LogP contribution in [0.1, 0.15) is 43.7 Å². The lowest BCUT2D eigenvalue weighted by molar-refractivity contribution is -0.101. The molecule has 0 amide bonds. The second kappa shape index (κ2) is 4.76. The molecule has 1 saturated carbocycles. The molecule has 1 heterocycles. The fourth-order valence-corrected chi connectivity index (χ4v) is 3.28. The molecule has 1 aliphatic carbocycles. The number of ether oxygens (including phenoxy) is 1.